The smallest absolute Gasteiger partial charge is 0.185 e. The lowest BCUT2D eigenvalue weighted by Crippen LogP contribution is -1.93. The molecule has 3 nitrogen and oxygen atoms in total. The van der Waals surface area contributed by atoms with Crippen molar-refractivity contribution in [2.75, 3.05) is 11.5 Å². The van der Waals surface area contributed by atoms with Crippen LogP contribution in [0.3, 0.4) is 0 Å². The Bertz CT molecular complexity index is 211. The van der Waals surface area contributed by atoms with Crippen LogP contribution < -0.4 is 0 Å². The zero-order valence-corrected chi connectivity index (χ0v) is 8.11. The van der Waals surface area contributed by atoms with Gasteiger partial charge in [0.25, 0.3) is 0 Å². The lowest BCUT2D eigenvalue weighted by molar-refractivity contribution is 0.685. The van der Waals surface area contributed by atoms with Crippen molar-refractivity contribution in [2.45, 2.75) is 11.6 Å². The highest BCUT2D eigenvalue weighted by Gasteiger charge is 1.98. The number of aryl methyl sites for hydroxylation is 1. The van der Waals surface area contributed by atoms with Gasteiger partial charge in [-0.05, 0) is 12.2 Å². The van der Waals surface area contributed by atoms with E-state index in [9.17, 15) is 0 Å². The van der Waals surface area contributed by atoms with E-state index in [0.29, 0.717) is 0 Å². The first kappa shape index (κ1) is 8.93. The molecule has 0 amide bonds. The summed E-state index contributed by atoms with van der Waals surface area (Å²) in [6, 6.07) is 0. The number of thioether (sulfide) groups is 1. The molecule has 0 saturated carbocycles. The quantitative estimate of drug-likeness (QED) is 0.439. The van der Waals surface area contributed by atoms with E-state index >= 15 is 0 Å². The molecule has 62 valence electrons. The molecular weight excluding hydrogens is 178 g/mol. The van der Waals surface area contributed by atoms with Gasteiger partial charge >= 0.3 is 0 Å². The van der Waals surface area contributed by atoms with E-state index in [4.69, 9.17) is 0 Å². The maximum absolute atomic E-state index is 4.12. The van der Waals surface area contributed by atoms with Crippen LogP contribution in [0.25, 0.3) is 0 Å². The van der Waals surface area contributed by atoms with Gasteiger partial charge in [0, 0.05) is 12.8 Å². The van der Waals surface area contributed by atoms with Crippen molar-refractivity contribution in [1.29, 1.82) is 0 Å². The molecule has 0 saturated heterocycles. The third-order valence-corrected chi connectivity index (χ3v) is 2.64. The van der Waals surface area contributed by atoms with E-state index in [1.54, 1.807) is 22.8 Å². The predicted molar refractivity (Wildman–Crippen MR) is 50.2 cm³/mol. The normalized spacial score (nSPS) is 10.4. The summed E-state index contributed by atoms with van der Waals surface area (Å²) in [5.74, 6) is 2.00. The van der Waals surface area contributed by atoms with E-state index in [1.807, 2.05) is 7.05 Å². The summed E-state index contributed by atoms with van der Waals surface area (Å²) in [5.41, 5.74) is 0. The molecule has 0 fully saturated rings. The van der Waals surface area contributed by atoms with Gasteiger partial charge < -0.3 is 0 Å². The summed E-state index contributed by atoms with van der Waals surface area (Å²) in [6.45, 7) is 0. The molecule has 0 bridgehead atoms. The van der Waals surface area contributed by atoms with Gasteiger partial charge in [0.2, 0.25) is 0 Å². The SMILES string of the molecule is Cn1ncnc1SCCCS. The molecule has 0 N–H and O–H groups in total. The first-order valence-electron chi connectivity index (χ1n) is 3.42. The van der Waals surface area contributed by atoms with E-state index in [0.717, 1.165) is 23.1 Å². The Morgan fingerprint density at radius 3 is 3.09 bits per heavy atom. The summed E-state index contributed by atoms with van der Waals surface area (Å²) in [6.07, 6.45) is 2.68. The average molecular weight is 189 g/mol. The van der Waals surface area contributed by atoms with Gasteiger partial charge in [-0.15, -0.1) is 0 Å². The summed E-state index contributed by atoms with van der Waals surface area (Å²) in [7, 11) is 1.90. The van der Waals surface area contributed by atoms with Crippen molar-refractivity contribution in [3.63, 3.8) is 0 Å². The minimum absolute atomic E-state index is 0.935. The number of rotatable bonds is 4. The third-order valence-electron chi connectivity index (χ3n) is 1.20. The molecule has 0 unspecified atom stereocenters. The monoisotopic (exact) mass is 189 g/mol. The second kappa shape index (κ2) is 4.66. The highest BCUT2D eigenvalue weighted by atomic mass is 32.2. The number of hydrogen-bond donors (Lipinski definition) is 1. The fourth-order valence-electron chi connectivity index (χ4n) is 0.644. The molecule has 0 aromatic carbocycles. The second-order valence-corrected chi connectivity index (χ2v) is 3.60. The standard InChI is InChI=1S/C6H11N3S2/c1-9-6(7-5-8-9)11-4-2-3-10/h5,10H,2-4H2,1H3. The number of thiol groups is 1. The molecule has 1 aromatic rings. The predicted octanol–water partition coefficient (Wildman–Crippen LogP) is 1.23. The first-order chi connectivity index (χ1) is 5.34. The van der Waals surface area contributed by atoms with E-state index < -0.39 is 0 Å². The maximum atomic E-state index is 4.12. The third kappa shape index (κ3) is 2.75. The molecule has 1 heterocycles. The molecule has 0 aliphatic heterocycles. The lowest BCUT2D eigenvalue weighted by atomic mass is 10.6. The van der Waals surface area contributed by atoms with Gasteiger partial charge in [-0.3, -0.25) is 0 Å². The van der Waals surface area contributed by atoms with Crippen LogP contribution in [0.4, 0.5) is 0 Å². The zero-order valence-electron chi connectivity index (χ0n) is 6.40. The van der Waals surface area contributed by atoms with Gasteiger partial charge in [0.1, 0.15) is 6.33 Å². The Morgan fingerprint density at radius 1 is 1.73 bits per heavy atom. The molecule has 11 heavy (non-hydrogen) atoms. The van der Waals surface area contributed by atoms with Gasteiger partial charge in [-0.25, -0.2) is 9.67 Å². The van der Waals surface area contributed by atoms with Gasteiger partial charge in [0.05, 0.1) is 0 Å². The molecule has 0 aliphatic carbocycles. The fourth-order valence-corrected chi connectivity index (χ4v) is 1.84. The van der Waals surface area contributed by atoms with Crippen LogP contribution >= 0.6 is 24.4 Å². The van der Waals surface area contributed by atoms with Crippen LogP contribution in [0.2, 0.25) is 0 Å². The van der Waals surface area contributed by atoms with Crippen molar-refractivity contribution in [3.8, 4) is 0 Å². The van der Waals surface area contributed by atoms with Crippen LogP contribution in [0.1, 0.15) is 6.42 Å². The van der Waals surface area contributed by atoms with Gasteiger partial charge in [0.15, 0.2) is 5.16 Å². The molecule has 1 aromatic heterocycles. The molecule has 0 radical (unpaired) electrons. The summed E-state index contributed by atoms with van der Waals surface area (Å²) in [4.78, 5) is 4.08. The fraction of sp³-hybridized carbons (Fsp3) is 0.667. The molecule has 0 atom stereocenters. The molecule has 0 spiro atoms. The Labute approximate surface area is 76.0 Å². The topological polar surface area (TPSA) is 30.7 Å². The van der Waals surface area contributed by atoms with E-state index in [1.165, 1.54) is 0 Å². The van der Waals surface area contributed by atoms with Crippen molar-refractivity contribution < 1.29 is 0 Å². The van der Waals surface area contributed by atoms with E-state index in [-0.39, 0.29) is 0 Å². The molecule has 0 aliphatic rings. The summed E-state index contributed by atoms with van der Waals surface area (Å²) < 4.78 is 1.78. The Balaban J connectivity index is 2.32. The summed E-state index contributed by atoms with van der Waals surface area (Å²) in [5, 5.41) is 4.94. The van der Waals surface area contributed by atoms with Crippen molar-refractivity contribution in [3.05, 3.63) is 6.33 Å². The Morgan fingerprint density at radius 2 is 2.55 bits per heavy atom. The average Bonchev–Trinajstić information content (AvgIpc) is 2.37. The van der Waals surface area contributed by atoms with E-state index in [2.05, 4.69) is 22.7 Å². The largest absolute Gasteiger partial charge is 0.244 e. The Kier molecular flexibility index (Phi) is 3.79. The van der Waals surface area contributed by atoms with Crippen LogP contribution in [-0.2, 0) is 7.05 Å². The maximum Gasteiger partial charge on any atom is 0.185 e. The van der Waals surface area contributed by atoms with Crippen molar-refractivity contribution in [1.82, 2.24) is 14.8 Å². The highest BCUT2D eigenvalue weighted by molar-refractivity contribution is 7.99. The second-order valence-electron chi connectivity index (χ2n) is 2.09. The van der Waals surface area contributed by atoms with Crippen LogP contribution in [0, 0.1) is 0 Å². The van der Waals surface area contributed by atoms with Crippen LogP contribution in [-0.4, -0.2) is 26.3 Å². The van der Waals surface area contributed by atoms with Crippen molar-refractivity contribution in [2.24, 2.45) is 7.05 Å². The van der Waals surface area contributed by atoms with Crippen LogP contribution in [0.5, 0.6) is 0 Å². The highest BCUT2D eigenvalue weighted by Crippen LogP contribution is 2.13. The number of aromatic nitrogens is 3. The molecule has 1 rings (SSSR count). The minimum Gasteiger partial charge on any atom is -0.244 e. The summed E-state index contributed by atoms with van der Waals surface area (Å²) >= 11 is 5.84. The van der Waals surface area contributed by atoms with Gasteiger partial charge in [-0.2, -0.15) is 17.7 Å². The molecule has 5 heteroatoms. The van der Waals surface area contributed by atoms with Gasteiger partial charge in [-0.1, -0.05) is 11.8 Å². The Hall–Kier alpha value is -0.160. The number of hydrogen-bond acceptors (Lipinski definition) is 4. The number of nitrogens with zero attached hydrogens (tertiary/aromatic N) is 3. The minimum atomic E-state index is 0.935. The molecular formula is C6H11N3S2. The van der Waals surface area contributed by atoms with Crippen molar-refractivity contribution >= 4 is 24.4 Å². The van der Waals surface area contributed by atoms with Crippen LogP contribution in [0.15, 0.2) is 11.5 Å². The lowest BCUT2D eigenvalue weighted by Gasteiger charge is -1.97. The first-order valence-corrected chi connectivity index (χ1v) is 5.04. The zero-order chi connectivity index (χ0) is 8.10.